The molecule has 106 valence electrons. The van der Waals surface area contributed by atoms with Crippen molar-refractivity contribution in [3.63, 3.8) is 0 Å². The summed E-state index contributed by atoms with van der Waals surface area (Å²) in [7, 11) is 1.95. The lowest BCUT2D eigenvalue weighted by atomic mass is 10.1. The maximum Gasteiger partial charge on any atom is 0.138 e. The molecule has 0 saturated heterocycles. The number of hydrogen-bond acceptors (Lipinski definition) is 2. The molecule has 0 aliphatic rings. The van der Waals surface area contributed by atoms with Crippen LogP contribution in [0.2, 0.25) is 0 Å². The molecule has 0 radical (unpaired) electrons. The molecule has 2 aromatic carbocycles. The van der Waals surface area contributed by atoms with Crippen LogP contribution >= 0.6 is 22.6 Å². The number of benzene rings is 2. The third kappa shape index (κ3) is 3.85. The first-order valence-corrected chi connectivity index (χ1v) is 7.65. The molecule has 0 atom stereocenters. The average Bonchev–Trinajstić information content (AvgIpc) is 2.44. The van der Waals surface area contributed by atoms with Crippen molar-refractivity contribution in [1.82, 2.24) is 0 Å². The van der Waals surface area contributed by atoms with Gasteiger partial charge in [0.25, 0.3) is 0 Å². The molecule has 2 nitrogen and oxygen atoms in total. The molecule has 0 amide bonds. The molecule has 0 bridgehead atoms. The molecule has 0 spiro atoms. The maximum atomic E-state index is 13.6. The zero-order valence-corrected chi connectivity index (χ0v) is 13.6. The summed E-state index contributed by atoms with van der Waals surface area (Å²) in [5.41, 5.74) is 8.67. The van der Waals surface area contributed by atoms with E-state index in [2.05, 4.69) is 12.1 Å². The molecule has 0 fully saturated rings. The van der Waals surface area contributed by atoms with Crippen molar-refractivity contribution >= 4 is 34.0 Å². The first-order chi connectivity index (χ1) is 9.58. The summed E-state index contributed by atoms with van der Waals surface area (Å²) < 4.78 is 14.2. The van der Waals surface area contributed by atoms with Gasteiger partial charge in [0.1, 0.15) is 5.82 Å². The molecule has 2 rings (SSSR count). The van der Waals surface area contributed by atoms with Crippen molar-refractivity contribution < 1.29 is 4.39 Å². The molecule has 0 saturated carbocycles. The van der Waals surface area contributed by atoms with E-state index in [0.29, 0.717) is 9.26 Å². The van der Waals surface area contributed by atoms with E-state index < -0.39 is 0 Å². The molecule has 0 aromatic heterocycles. The van der Waals surface area contributed by atoms with E-state index in [1.807, 2.05) is 52.7 Å². The number of nitrogen functional groups attached to an aromatic ring is 1. The minimum atomic E-state index is -0.218. The minimum absolute atomic E-state index is 0.218. The summed E-state index contributed by atoms with van der Waals surface area (Å²) in [4.78, 5) is 2.01. The van der Waals surface area contributed by atoms with Gasteiger partial charge in [-0.15, -0.1) is 0 Å². The quantitative estimate of drug-likeness (QED) is 0.622. The smallest absolute Gasteiger partial charge is 0.138 e. The highest BCUT2D eigenvalue weighted by Gasteiger charge is 2.09. The van der Waals surface area contributed by atoms with Gasteiger partial charge in [0.05, 0.1) is 14.9 Å². The highest BCUT2D eigenvalue weighted by atomic mass is 127. The first-order valence-electron chi connectivity index (χ1n) is 6.57. The molecular weight excluding hydrogens is 366 g/mol. The molecule has 2 aromatic rings. The largest absolute Gasteiger partial charge is 0.397 e. The maximum absolute atomic E-state index is 13.6. The van der Waals surface area contributed by atoms with Crippen molar-refractivity contribution in [2.24, 2.45) is 0 Å². The summed E-state index contributed by atoms with van der Waals surface area (Å²) in [6.45, 7) is 0.846. The van der Waals surface area contributed by atoms with Gasteiger partial charge in [0.15, 0.2) is 0 Å². The van der Waals surface area contributed by atoms with Gasteiger partial charge in [-0.1, -0.05) is 30.3 Å². The van der Waals surface area contributed by atoms with Crippen molar-refractivity contribution in [3.05, 3.63) is 57.4 Å². The van der Waals surface area contributed by atoms with Crippen LogP contribution in [0, 0.1) is 9.39 Å². The fraction of sp³-hybridized carbons (Fsp3) is 0.250. The summed E-state index contributed by atoms with van der Waals surface area (Å²) in [5.74, 6) is -0.218. The first kappa shape index (κ1) is 15.1. The summed E-state index contributed by atoms with van der Waals surface area (Å²) in [6, 6.07) is 13.6. The van der Waals surface area contributed by atoms with Crippen LogP contribution in [0.15, 0.2) is 42.5 Å². The van der Waals surface area contributed by atoms with Crippen LogP contribution in [-0.4, -0.2) is 13.6 Å². The number of aryl methyl sites for hydroxylation is 1. The van der Waals surface area contributed by atoms with E-state index in [-0.39, 0.29) is 5.82 Å². The number of nitrogens with zero attached hydrogens (tertiary/aromatic N) is 1. The molecule has 4 heteroatoms. The van der Waals surface area contributed by atoms with E-state index in [0.717, 1.165) is 25.1 Å². The summed E-state index contributed by atoms with van der Waals surface area (Å²) in [5, 5.41) is 0. The Morgan fingerprint density at radius 3 is 2.60 bits per heavy atom. The SMILES string of the molecule is CN(CCCc1ccccc1)c1cc(F)c(I)cc1N. The summed E-state index contributed by atoms with van der Waals surface area (Å²) >= 11 is 1.95. The average molecular weight is 384 g/mol. The fourth-order valence-corrected chi connectivity index (χ4v) is 2.66. The van der Waals surface area contributed by atoms with Crippen LogP contribution < -0.4 is 10.6 Å². The Bertz CT molecular complexity index is 572. The molecular formula is C16H18FIN2. The van der Waals surface area contributed by atoms with Crippen molar-refractivity contribution in [1.29, 1.82) is 0 Å². The number of anilines is 2. The van der Waals surface area contributed by atoms with E-state index >= 15 is 0 Å². The lowest BCUT2D eigenvalue weighted by Crippen LogP contribution is -2.20. The zero-order chi connectivity index (χ0) is 14.5. The lowest BCUT2D eigenvalue weighted by molar-refractivity contribution is 0.619. The fourth-order valence-electron chi connectivity index (χ4n) is 2.17. The summed E-state index contributed by atoms with van der Waals surface area (Å²) in [6.07, 6.45) is 2.02. The minimum Gasteiger partial charge on any atom is -0.397 e. The molecule has 0 heterocycles. The van der Waals surface area contributed by atoms with Crippen LogP contribution in [0.4, 0.5) is 15.8 Å². The van der Waals surface area contributed by atoms with Gasteiger partial charge in [-0.05, 0) is 47.1 Å². The highest BCUT2D eigenvalue weighted by Crippen LogP contribution is 2.27. The Morgan fingerprint density at radius 1 is 1.20 bits per heavy atom. The van der Waals surface area contributed by atoms with Gasteiger partial charge in [0.2, 0.25) is 0 Å². The standard InChI is InChI=1S/C16H18FIN2/c1-20(9-5-8-12-6-3-2-4-7-12)16-10-13(17)14(18)11-15(16)19/h2-4,6-7,10-11H,5,8-9,19H2,1H3. The number of halogens is 2. The Hall–Kier alpha value is -1.30. The van der Waals surface area contributed by atoms with Crippen LogP contribution in [-0.2, 0) is 6.42 Å². The van der Waals surface area contributed by atoms with Gasteiger partial charge >= 0.3 is 0 Å². The monoisotopic (exact) mass is 384 g/mol. The Labute approximate surface area is 132 Å². The van der Waals surface area contributed by atoms with E-state index in [1.54, 1.807) is 6.07 Å². The van der Waals surface area contributed by atoms with Crippen LogP contribution in [0.1, 0.15) is 12.0 Å². The molecule has 0 aliphatic heterocycles. The zero-order valence-electron chi connectivity index (χ0n) is 11.4. The van der Waals surface area contributed by atoms with E-state index in [1.165, 1.54) is 11.6 Å². The lowest BCUT2D eigenvalue weighted by Gasteiger charge is -2.21. The number of hydrogen-bond donors (Lipinski definition) is 1. The second kappa shape index (κ2) is 6.92. The Balaban J connectivity index is 1.95. The third-order valence-electron chi connectivity index (χ3n) is 3.28. The predicted molar refractivity (Wildman–Crippen MR) is 91.6 cm³/mol. The normalized spacial score (nSPS) is 10.6. The number of nitrogens with two attached hydrogens (primary N) is 1. The van der Waals surface area contributed by atoms with Crippen LogP contribution in [0.25, 0.3) is 0 Å². The Kier molecular flexibility index (Phi) is 5.23. The molecule has 2 N–H and O–H groups in total. The second-order valence-electron chi connectivity index (χ2n) is 4.84. The van der Waals surface area contributed by atoms with Crippen molar-refractivity contribution in [3.8, 4) is 0 Å². The van der Waals surface area contributed by atoms with Crippen LogP contribution in [0.3, 0.4) is 0 Å². The van der Waals surface area contributed by atoms with Gasteiger partial charge < -0.3 is 10.6 Å². The topological polar surface area (TPSA) is 29.3 Å². The van der Waals surface area contributed by atoms with Crippen molar-refractivity contribution in [2.75, 3.05) is 24.2 Å². The Morgan fingerprint density at radius 2 is 1.90 bits per heavy atom. The second-order valence-corrected chi connectivity index (χ2v) is 6.00. The number of rotatable bonds is 5. The van der Waals surface area contributed by atoms with E-state index in [4.69, 9.17) is 5.73 Å². The molecule has 0 unspecified atom stereocenters. The van der Waals surface area contributed by atoms with E-state index in [9.17, 15) is 4.39 Å². The van der Waals surface area contributed by atoms with Gasteiger partial charge in [-0.25, -0.2) is 4.39 Å². The van der Waals surface area contributed by atoms with Gasteiger partial charge in [0, 0.05) is 19.7 Å². The highest BCUT2D eigenvalue weighted by molar-refractivity contribution is 14.1. The molecule has 20 heavy (non-hydrogen) atoms. The predicted octanol–water partition coefficient (Wildman–Crippen LogP) is 4.08. The van der Waals surface area contributed by atoms with Crippen LogP contribution in [0.5, 0.6) is 0 Å². The third-order valence-corrected chi connectivity index (χ3v) is 4.11. The van der Waals surface area contributed by atoms with Crippen molar-refractivity contribution in [2.45, 2.75) is 12.8 Å². The molecule has 0 aliphatic carbocycles. The van der Waals surface area contributed by atoms with Gasteiger partial charge in [-0.2, -0.15) is 0 Å². The van der Waals surface area contributed by atoms with Gasteiger partial charge in [-0.3, -0.25) is 0 Å².